The highest BCUT2D eigenvalue weighted by molar-refractivity contribution is 6.06. The number of benzene rings is 3. The number of hydrogen-bond donors (Lipinski definition) is 1. The predicted molar refractivity (Wildman–Crippen MR) is 141 cm³/mol. The molecule has 0 fully saturated rings. The number of carbonyl (C=O) groups excluding carboxylic acids is 2. The van der Waals surface area contributed by atoms with Gasteiger partial charge in [0.25, 0.3) is 11.8 Å². The molecule has 1 aliphatic heterocycles. The highest BCUT2D eigenvalue weighted by Gasteiger charge is 2.31. The average molecular weight is 495 g/mol. The summed E-state index contributed by atoms with van der Waals surface area (Å²) in [7, 11) is 1.61. The molecule has 37 heavy (non-hydrogen) atoms. The number of aromatic nitrogens is 2. The number of para-hydroxylation sites is 3. The first-order chi connectivity index (χ1) is 18.0. The Morgan fingerprint density at radius 3 is 2.57 bits per heavy atom. The van der Waals surface area contributed by atoms with E-state index in [4.69, 9.17) is 20.3 Å². The Balaban J connectivity index is 1.49. The fourth-order valence-corrected chi connectivity index (χ4v) is 4.30. The van der Waals surface area contributed by atoms with Gasteiger partial charge in [0.1, 0.15) is 17.2 Å². The van der Waals surface area contributed by atoms with E-state index in [1.165, 1.54) is 11.0 Å². The van der Waals surface area contributed by atoms with Crippen LogP contribution in [0.3, 0.4) is 0 Å². The van der Waals surface area contributed by atoms with Gasteiger partial charge in [-0.05, 0) is 35.9 Å². The van der Waals surface area contributed by atoms with E-state index in [1.807, 2.05) is 71.5 Å². The van der Waals surface area contributed by atoms with Gasteiger partial charge in [0.05, 0.1) is 25.9 Å². The summed E-state index contributed by atoms with van der Waals surface area (Å²) in [6, 6.07) is 24.7. The van der Waals surface area contributed by atoms with Gasteiger partial charge in [-0.3, -0.25) is 14.3 Å². The van der Waals surface area contributed by atoms with Crippen LogP contribution in [0.15, 0.2) is 91.1 Å². The Morgan fingerprint density at radius 2 is 1.78 bits per heavy atom. The van der Waals surface area contributed by atoms with Crippen LogP contribution in [0, 0.1) is 0 Å². The van der Waals surface area contributed by atoms with Crippen molar-refractivity contribution >= 4 is 23.6 Å². The third kappa shape index (κ3) is 5.08. The Kier molecular flexibility index (Phi) is 6.72. The van der Waals surface area contributed by atoms with Gasteiger partial charge in [0, 0.05) is 23.4 Å². The van der Waals surface area contributed by atoms with Crippen molar-refractivity contribution in [2.24, 2.45) is 5.73 Å². The topological polar surface area (TPSA) is 99.7 Å². The molecular weight excluding hydrogens is 468 g/mol. The van der Waals surface area contributed by atoms with Crippen LogP contribution >= 0.6 is 0 Å². The predicted octanol–water partition coefficient (Wildman–Crippen LogP) is 3.90. The molecule has 4 aromatic rings. The second-order valence-corrected chi connectivity index (χ2v) is 8.58. The maximum atomic E-state index is 13.4. The smallest absolute Gasteiger partial charge is 0.260 e. The molecule has 0 bridgehead atoms. The molecule has 1 atom stereocenters. The minimum atomic E-state index is -0.926. The summed E-state index contributed by atoms with van der Waals surface area (Å²) in [5, 5.41) is 4.83. The average Bonchev–Trinajstić information content (AvgIpc) is 3.33. The van der Waals surface area contributed by atoms with Crippen molar-refractivity contribution < 1.29 is 19.1 Å². The second-order valence-electron chi connectivity index (χ2n) is 8.58. The van der Waals surface area contributed by atoms with Crippen LogP contribution < -0.4 is 20.1 Å². The molecule has 1 unspecified atom stereocenters. The molecule has 0 saturated heterocycles. The lowest BCUT2D eigenvalue weighted by Gasteiger charge is -2.32. The maximum absolute atomic E-state index is 13.4. The fourth-order valence-electron chi connectivity index (χ4n) is 4.30. The summed E-state index contributed by atoms with van der Waals surface area (Å²) in [5.74, 6) is 0.185. The van der Waals surface area contributed by atoms with Crippen LogP contribution in [0.2, 0.25) is 0 Å². The van der Waals surface area contributed by atoms with Crippen molar-refractivity contribution in [1.29, 1.82) is 0 Å². The van der Waals surface area contributed by atoms with Gasteiger partial charge in [-0.15, -0.1) is 0 Å². The van der Waals surface area contributed by atoms with E-state index in [-0.39, 0.29) is 12.5 Å². The van der Waals surface area contributed by atoms with Crippen molar-refractivity contribution in [1.82, 2.24) is 9.78 Å². The van der Waals surface area contributed by atoms with Crippen molar-refractivity contribution in [3.63, 3.8) is 0 Å². The van der Waals surface area contributed by atoms with Crippen molar-refractivity contribution in [2.75, 3.05) is 18.6 Å². The molecule has 1 aromatic heterocycles. The van der Waals surface area contributed by atoms with Crippen LogP contribution in [0.1, 0.15) is 11.1 Å². The summed E-state index contributed by atoms with van der Waals surface area (Å²) in [4.78, 5) is 26.7. The maximum Gasteiger partial charge on any atom is 0.260 e. The number of ether oxygens (including phenoxy) is 2. The van der Waals surface area contributed by atoms with Gasteiger partial charge >= 0.3 is 0 Å². The van der Waals surface area contributed by atoms with Gasteiger partial charge in [-0.1, -0.05) is 54.6 Å². The van der Waals surface area contributed by atoms with Crippen molar-refractivity contribution in [2.45, 2.75) is 12.6 Å². The lowest BCUT2D eigenvalue weighted by molar-refractivity contribution is -0.125. The molecule has 8 heteroatoms. The first-order valence-electron chi connectivity index (χ1n) is 11.8. The zero-order chi connectivity index (χ0) is 25.8. The van der Waals surface area contributed by atoms with Crippen LogP contribution in [-0.2, 0) is 16.1 Å². The summed E-state index contributed by atoms with van der Waals surface area (Å²) >= 11 is 0. The number of anilines is 1. The molecule has 0 radical (unpaired) electrons. The summed E-state index contributed by atoms with van der Waals surface area (Å²) in [6.45, 7) is 0.601. The van der Waals surface area contributed by atoms with Gasteiger partial charge in [-0.25, -0.2) is 0 Å². The van der Waals surface area contributed by atoms with E-state index in [0.29, 0.717) is 29.4 Å². The van der Waals surface area contributed by atoms with Crippen LogP contribution in [0.25, 0.3) is 17.3 Å². The van der Waals surface area contributed by atoms with Crippen LogP contribution in [0.5, 0.6) is 11.5 Å². The second kappa shape index (κ2) is 10.4. The molecule has 3 aromatic carbocycles. The van der Waals surface area contributed by atoms with Gasteiger partial charge in [0.2, 0.25) is 0 Å². The Hall–Kier alpha value is -4.85. The van der Waals surface area contributed by atoms with Crippen LogP contribution in [0.4, 0.5) is 5.69 Å². The molecule has 1 aliphatic rings. The molecule has 8 nitrogen and oxygen atoms in total. The lowest BCUT2D eigenvalue weighted by atomic mass is 10.1. The van der Waals surface area contributed by atoms with Gasteiger partial charge in [-0.2, -0.15) is 5.10 Å². The van der Waals surface area contributed by atoms with Crippen molar-refractivity contribution in [3.8, 4) is 22.8 Å². The first-order valence-corrected chi connectivity index (χ1v) is 11.8. The standard InChI is InChI=1S/C29H26N4O4/c1-36-24-13-7-5-11-22(24)28-21(18-32(31-28)17-20-9-3-2-4-10-20)15-16-27(34)33-19-26(29(30)35)37-25-14-8-6-12-23(25)33/h2-16,18,26H,17,19H2,1H3,(H2,30,35)/b16-15+. The number of fused-ring (bicyclic) bond motifs is 1. The number of methoxy groups -OCH3 is 1. The van der Waals surface area contributed by atoms with E-state index in [2.05, 4.69) is 0 Å². The SMILES string of the molecule is COc1ccccc1-c1nn(Cc2ccccc2)cc1/C=C/C(=O)N1CC(C(N)=O)Oc2ccccc21. The highest BCUT2D eigenvalue weighted by Crippen LogP contribution is 2.34. The quantitative estimate of drug-likeness (QED) is 0.393. The molecule has 0 spiro atoms. The zero-order valence-electron chi connectivity index (χ0n) is 20.3. The molecule has 0 saturated carbocycles. The minimum Gasteiger partial charge on any atom is -0.496 e. The van der Waals surface area contributed by atoms with E-state index in [9.17, 15) is 9.59 Å². The number of amides is 2. The van der Waals surface area contributed by atoms with E-state index >= 15 is 0 Å². The van der Waals surface area contributed by atoms with E-state index in [0.717, 1.165) is 16.7 Å². The molecule has 186 valence electrons. The molecule has 0 aliphatic carbocycles. The normalized spacial score (nSPS) is 14.7. The number of hydrogen-bond acceptors (Lipinski definition) is 5. The molecular formula is C29H26N4O4. The van der Waals surface area contributed by atoms with E-state index in [1.54, 1.807) is 31.4 Å². The molecule has 2 heterocycles. The Labute approximate surface area is 214 Å². The highest BCUT2D eigenvalue weighted by atomic mass is 16.5. The molecule has 5 rings (SSSR count). The van der Waals surface area contributed by atoms with Gasteiger partial charge < -0.3 is 20.1 Å². The summed E-state index contributed by atoms with van der Waals surface area (Å²) in [5.41, 5.74) is 9.43. The Bertz CT molecular complexity index is 1460. The third-order valence-corrected chi connectivity index (χ3v) is 6.10. The number of nitrogens with two attached hydrogens (primary N) is 1. The summed E-state index contributed by atoms with van der Waals surface area (Å²) in [6.07, 6.45) is 4.18. The van der Waals surface area contributed by atoms with E-state index < -0.39 is 12.0 Å². The summed E-state index contributed by atoms with van der Waals surface area (Å²) < 4.78 is 13.1. The lowest BCUT2D eigenvalue weighted by Crippen LogP contribution is -2.49. The number of carbonyl (C=O) groups is 2. The number of rotatable bonds is 7. The van der Waals surface area contributed by atoms with Crippen molar-refractivity contribution in [3.05, 3.63) is 102 Å². The fraction of sp³-hybridized carbons (Fsp3) is 0.138. The molecule has 2 N–H and O–H groups in total. The molecule has 2 amide bonds. The number of nitrogens with zero attached hydrogens (tertiary/aromatic N) is 3. The largest absolute Gasteiger partial charge is 0.496 e. The van der Waals surface area contributed by atoms with Crippen LogP contribution in [-0.4, -0.2) is 41.4 Å². The monoisotopic (exact) mass is 494 g/mol. The first kappa shape index (κ1) is 23.9. The zero-order valence-corrected chi connectivity index (χ0v) is 20.3. The number of primary amides is 1. The van der Waals surface area contributed by atoms with Gasteiger partial charge in [0.15, 0.2) is 6.10 Å². The third-order valence-electron chi connectivity index (χ3n) is 6.10. The Morgan fingerprint density at radius 1 is 1.05 bits per heavy atom. The minimum absolute atomic E-state index is 0.0299.